The zero-order valence-corrected chi connectivity index (χ0v) is 28.1. The second-order valence-electron chi connectivity index (χ2n) is 9.26. The van der Waals surface area contributed by atoms with Crippen LogP contribution in [-0.2, 0) is 56.7 Å². The molecule has 0 bridgehead atoms. The maximum atomic E-state index is 12.6. The molecule has 15 heteroatoms. The summed E-state index contributed by atoms with van der Waals surface area (Å²) in [5, 5.41) is 21.5. The molecule has 0 fully saturated rings. The van der Waals surface area contributed by atoms with E-state index in [9.17, 15) is 19.2 Å². The molecule has 0 aliphatic carbocycles. The van der Waals surface area contributed by atoms with Crippen molar-refractivity contribution in [2.45, 2.75) is 83.2 Å². The number of carbonyl (C=O) groups excluding carboxylic acids is 3. The maximum Gasteiger partial charge on any atom is 0.303 e. The number of aldehydes is 1. The van der Waals surface area contributed by atoms with Gasteiger partial charge in [0.2, 0.25) is 12.3 Å². The first-order valence-corrected chi connectivity index (χ1v) is 15.2. The molecule has 0 aliphatic rings. The number of aliphatic carboxylic acids is 1. The predicted molar refractivity (Wildman–Crippen MR) is 158 cm³/mol. The Hall–Kier alpha value is -1.32. The van der Waals surface area contributed by atoms with Crippen molar-refractivity contribution >= 4 is 42.2 Å². The summed E-state index contributed by atoms with van der Waals surface area (Å²) in [5.74, 6) is 0.534. The van der Waals surface area contributed by atoms with Gasteiger partial charge in [0, 0.05) is 57.3 Å². The first kappa shape index (κ1) is 41.8. The van der Waals surface area contributed by atoms with Gasteiger partial charge < -0.3 is 36.4 Å². The first-order valence-electron chi connectivity index (χ1n) is 14.1. The van der Waals surface area contributed by atoms with Crippen molar-refractivity contribution in [1.29, 1.82) is 0 Å². The van der Waals surface area contributed by atoms with Crippen LogP contribution in [0.3, 0.4) is 0 Å². The van der Waals surface area contributed by atoms with Gasteiger partial charge in [0.1, 0.15) is 6.29 Å². The zero-order valence-electron chi connectivity index (χ0n) is 24.4. The van der Waals surface area contributed by atoms with Crippen LogP contribution in [0.25, 0.3) is 0 Å². The van der Waals surface area contributed by atoms with Gasteiger partial charge in [-0.05, 0) is 70.3 Å². The van der Waals surface area contributed by atoms with Crippen molar-refractivity contribution in [3.05, 3.63) is 7.05 Å². The van der Waals surface area contributed by atoms with Gasteiger partial charge >= 0.3 is 5.97 Å². The molecule has 41 heavy (non-hydrogen) atoms. The summed E-state index contributed by atoms with van der Waals surface area (Å²) in [4.78, 5) is 51.7. The summed E-state index contributed by atoms with van der Waals surface area (Å²) in [6.07, 6.45) is 7.91. The second kappa shape index (κ2) is 30.2. The van der Waals surface area contributed by atoms with Crippen molar-refractivity contribution < 1.29 is 61.8 Å². The number of unbranched alkanes of at least 4 members (excludes halogenated alkanes) is 3. The molecule has 1 unspecified atom stereocenters. The third-order valence-corrected chi connectivity index (χ3v) is 6.99. The average Bonchev–Trinajstić information content (AvgIpc) is 2.94. The standard InChI is InChI=1S/C26H50N7O6S.Y/c1-3-40-19-21(10-5-7-15-28-2)25(37)30-17-9-8-16-29-23(11-4-6-14-27)26(38)33-39-20-31-32-22(18-34)12-13-24(35)36;/h18,20-23,28-29,32H,2-17,19,27H2,1H3,(H,30,37)(H,33,38)(H,35,36);/q-1;/b31-20+;/t21?,22-,23-;/m0./s1. The molecule has 13 nitrogen and oxygen atoms in total. The molecule has 0 rings (SSSR count). The second-order valence-corrected chi connectivity index (χ2v) is 10.6. The first-order chi connectivity index (χ1) is 19.4. The molecule has 0 heterocycles. The van der Waals surface area contributed by atoms with E-state index in [2.05, 4.69) is 45.9 Å². The largest absolute Gasteiger partial charge is 0.481 e. The fourth-order valence-corrected chi connectivity index (χ4v) is 4.48. The van der Waals surface area contributed by atoms with Crippen LogP contribution in [-0.4, -0.2) is 85.3 Å². The van der Waals surface area contributed by atoms with Crippen LogP contribution in [0, 0.1) is 13.0 Å². The van der Waals surface area contributed by atoms with Crippen LogP contribution < -0.4 is 32.6 Å². The van der Waals surface area contributed by atoms with Crippen molar-refractivity contribution in [1.82, 2.24) is 26.9 Å². The molecule has 0 spiro atoms. The summed E-state index contributed by atoms with van der Waals surface area (Å²) >= 11 is 1.78. The molecule has 1 radical (unpaired) electrons. The summed E-state index contributed by atoms with van der Waals surface area (Å²) in [7, 11) is 3.62. The molecule has 8 N–H and O–H groups in total. The number of hydrogen-bond donors (Lipinski definition) is 7. The van der Waals surface area contributed by atoms with Gasteiger partial charge in [0.05, 0.1) is 12.1 Å². The molecule has 2 amide bonds. The minimum atomic E-state index is -1.01. The van der Waals surface area contributed by atoms with E-state index < -0.39 is 18.1 Å². The Labute approximate surface area is 274 Å². The van der Waals surface area contributed by atoms with Gasteiger partial charge in [-0.15, -0.1) is 5.10 Å². The summed E-state index contributed by atoms with van der Waals surface area (Å²) < 4.78 is 0. The van der Waals surface area contributed by atoms with Crippen LogP contribution in [0.15, 0.2) is 5.10 Å². The van der Waals surface area contributed by atoms with E-state index in [-0.39, 0.29) is 63.3 Å². The Balaban J connectivity index is 0. The number of carbonyl (C=O) groups is 4. The molecule has 0 aromatic heterocycles. The van der Waals surface area contributed by atoms with Crippen LogP contribution in [0.4, 0.5) is 0 Å². The van der Waals surface area contributed by atoms with Crippen molar-refractivity contribution in [2.75, 3.05) is 37.7 Å². The number of carboxylic acids is 1. The van der Waals surface area contributed by atoms with Gasteiger partial charge in [-0.2, -0.15) is 17.2 Å². The molecule has 0 saturated carbocycles. The summed E-state index contributed by atoms with van der Waals surface area (Å²) in [6.45, 7) is 4.65. The van der Waals surface area contributed by atoms with E-state index in [1.54, 1.807) is 11.8 Å². The summed E-state index contributed by atoms with van der Waals surface area (Å²) in [5.41, 5.74) is 10.3. The van der Waals surface area contributed by atoms with Crippen LogP contribution in [0.5, 0.6) is 0 Å². The molecule has 0 aromatic rings. The number of hydrazone groups is 1. The minimum absolute atomic E-state index is 0. The fourth-order valence-electron chi connectivity index (χ4n) is 3.64. The Kier molecular flexibility index (Phi) is 30.8. The van der Waals surface area contributed by atoms with E-state index in [0.29, 0.717) is 32.3 Å². The van der Waals surface area contributed by atoms with Gasteiger partial charge in [0.15, 0.2) is 0 Å². The number of hydroxylamine groups is 1. The van der Waals surface area contributed by atoms with Gasteiger partial charge in [-0.3, -0.25) is 26.9 Å². The van der Waals surface area contributed by atoms with E-state index in [0.717, 1.165) is 69.4 Å². The SMILES string of the molecule is [CH2-]NCCCCC(CSCC)C(=O)NCCCCN[C@@H](CCCCN)C(=O)NO/C=N/N[C@H](C=O)CCC(=O)O.[Y]. The van der Waals surface area contributed by atoms with Crippen LogP contribution in [0.2, 0.25) is 0 Å². The third-order valence-electron chi connectivity index (χ3n) is 5.95. The Morgan fingerprint density at radius 1 is 1.02 bits per heavy atom. The third kappa shape index (κ3) is 24.9. The molecular formula is C26H50N7O6SY-. The molecule has 235 valence electrons. The Morgan fingerprint density at radius 2 is 1.73 bits per heavy atom. The van der Waals surface area contributed by atoms with Crippen molar-refractivity contribution in [3.63, 3.8) is 0 Å². The quantitative estimate of drug-likeness (QED) is 0.0155. The smallest absolute Gasteiger partial charge is 0.303 e. The number of thioether (sulfide) groups is 1. The van der Waals surface area contributed by atoms with Gasteiger partial charge in [0.25, 0.3) is 5.91 Å². The van der Waals surface area contributed by atoms with Crippen LogP contribution >= 0.6 is 11.8 Å². The predicted octanol–water partition coefficient (Wildman–Crippen LogP) is 0.901. The molecular weight excluding hydrogens is 627 g/mol. The number of nitrogens with zero attached hydrogens (tertiary/aromatic N) is 1. The van der Waals surface area contributed by atoms with Crippen molar-refractivity contribution in [2.24, 2.45) is 16.8 Å². The van der Waals surface area contributed by atoms with E-state index >= 15 is 0 Å². The molecule has 0 aliphatic heterocycles. The van der Waals surface area contributed by atoms with E-state index in [1.807, 2.05) is 0 Å². The Morgan fingerprint density at radius 3 is 2.39 bits per heavy atom. The number of nitrogens with one attached hydrogen (secondary N) is 5. The van der Waals surface area contributed by atoms with Crippen LogP contribution in [0.1, 0.15) is 71.1 Å². The number of nitrogens with two attached hydrogens (primary N) is 1. The normalized spacial score (nSPS) is 13.0. The fraction of sp³-hybridized carbons (Fsp3) is 0.769. The number of rotatable bonds is 28. The van der Waals surface area contributed by atoms with E-state index in [4.69, 9.17) is 15.7 Å². The van der Waals surface area contributed by atoms with Gasteiger partial charge in [-0.1, -0.05) is 19.8 Å². The monoisotopic (exact) mass is 677 g/mol. The number of amides is 2. The zero-order chi connectivity index (χ0) is 29.8. The molecule has 3 atom stereocenters. The van der Waals surface area contributed by atoms with E-state index in [1.165, 1.54) is 0 Å². The number of hydrogen-bond acceptors (Lipinski definition) is 11. The topological polar surface area (TPSA) is 196 Å². The average molecular weight is 678 g/mol. The summed E-state index contributed by atoms with van der Waals surface area (Å²) in [6, 6.07) is -1.27. The minimum Gasteiger partial charge on any atom is -0.481 e. The Bertz CT molecular complexity index is 724. The molecule has 0 saturated heterocycles. The number of carboxylic acid groups (broad SMARTS) is 1. The molecule has 0 aromatic carbocycles. The maximum absolute atomic E-state index is 12.6. The van der Waals surface area contributed by atoms with Crippen molar-refractivity contribution in [3.8, 4) is 0 Å². The van der Waals surface area contributed by atoms with Gasteiger partial charge in [-0.25, -0.2) is 0 Å².